The zero-order valence-corrected chi connectivity index (χ0v) is 88.9. The lowest BCUT2D eigenvalue weighted by molar-refractivity contribution is -0.388. The number of rotatable bonds is 130. The molecule has 0 bridgehead atoms. The van der Waals surface area contributed by atoms with E-state index in [0.717, 1.165) is 19.3 Å². The van der Waals surface area contributed by atoms with Gasteiger partial charge in [-0.2, -0.15) is 0 Å². The molecule has 0 aliphatic carbocycles. The fourth-order valence-corrected chi connectivity index (χ4v) is 13.8. The van der Waals surface area contributed by atoms with Crippen molar-refractivity contribution in [2.45, 2.75) is 93.5 Å². The zero-order valence-electron chi connectivity index (χ0n) is 87.3. The Morgan fingerprint density at radius 2 is 0.510 bits per heavy atom. The minimum absolute atomic E-state index is 0.00255. The summed E-state index contributed by atoms with van der Waals surface area (Å²) in [6, 6.07) is 2.94. The summed E-state index contributed by atoms with van der Waals surface area (Å²) in [6.07, 6.45) is 7.14. The van der Waals surface area contributed by atoms with Crippen molar-refractivity contribution >= 4 is 27.3 Å². The standard InChI is InChI=1S/C94H180N8O43S2/c1-2-3-4-5-6-7-9-87(81-135-59-54-124-37-32-120-43-49-130-65-71-141-88(76-98-100-95)82-136-60-55-125-38-33-122-45-51-132-67-73-143-90(78-104)79-105)140-70-64-129-48-42-119-35-40-127-57-62-138-84-91(80-106)144-74-68-133-52-46-123-34-39-126-56-61-137-83-89(77-99-101-96)142-72-66-131-50-44-121-36-41-128-58-63-139-85-92(86-146-147-94-93(102(107)108)10-8-11-97-94)145-75-69-134-53-47-118-31-30-117-29-28-116-27-26-115-25-24-114-23-22-113-21-20-112-19-18-111-17-16-110-15-14-109-13-12-103/h8,10-11,87-92,103-106H,2-7,9,12-86H2,1H3/t87-,88+,89+,91+,92-/m1/s1. The van der Waals surface area contributed by atoms with Crippen LogP contribution in [0.1, 0.15) is 51.9 Å². The van der Waals surface area contributed by atoms with Crippen molar-refractivity contribution in [3.63, 3.8) is 0 Å². The number of azide groups is 2. The summed E-state index contributed by atoms with van der Waals surface area (Å²) in [4.78, 5) is 20.9. The Bertz CT molecular complexity index is 2890. The maximum atomic E-state index is 11.5. The molecule has 51 nitrogen and oxygen atoms in total. The van der Waals surface area contributed by atoms with Crippen LogP contribution in [0.5, 0.6) is 0 Å². The third kappa shape index (κ3) is 108. The van der Waals surface area contributed by atoms with Gasteiger partial charge in [-0.15, -0.1) is 0 Å². The molecule has 1 heterocycles. The third-order valence-electron chi connectivity index (χ3n) is 19.1. The van der Waals surface area contributed by atoms with Crippen molar-refractivity contribution < 1.29 is 201 Å². The van der Waals surface area contributed by atoms with Crippen LogP contribution in [0, 0.1) is 10.1 Å². The molecule has 0 unspecified atom stereocenters. The quantitative estimate of drug-likeness (QED) is 0.0128. The van der Waals surface area contributed by atoms with Crippen LogP contribution in [0.15, 0.2) is 33.6 Å². The van der Waals surface area contributed by atoms with Crippen LogP contribution >= 0.6 is 21.6 Å². The highest BCUT2D eigenvalue weighted by atomic mass is 33.1. The van der Waals surface area contributed by atoms with Crippen molar-refractivity contribution in [3.05, 3.63) is 49.3 Å². The SMILES string of the molecule is CCCCCCCC[C@H](COCCOCCOCCOCCO[C@@H](CN=[N+]=[N-])COCCOCCOCCOCCOC(CO)CO)OCCOCCOCCOCCOC[C@H](CO)OCCOCCOCCOCCOC[C@H](CN=[N+]=[N-])OCCOCCOCCOCCOC[C@H](CSSc1ncccc1[N+](=O)[O-])OCCOCCOCCOCCOCCOCCOCCOCCOCCOCCOCCOCCO. The predicted octanol–water partition coefficient (Wildman–Crippen LogP) is 4.90. The van der Waals surface area contributed by atoms with Crippen molar-refractivity contribution in [1.82, 2.24) is 4.98 Å². The van der Waals surface area contributed by atoms with Crippen LogP contribution in [0.2, 0.25) is 0 Å². The second kappa shape index (κ2) is 122. The Morgan fingerprint density at radius 3 is 0.776 bits per heavy atom. The highest BCUT2D eigenvalue weighted by Crippen LogP contribution is 2.36. The number of hydrogen-bond donors (Lipinski definition) is 4. The molecule has 0 radical (unpaired) electrons. The first-order chi connectivity index (χ1) is 72.8. The van der Waals surface area contributed by atoms with Crippen LogP contribution in [-0.4, -0.2) is 561 Å². The van der Waals surface area contributed by atoms with Crippen molar-refractivity contribution in [2.24, 2.45) is 10.2 Å². The summed E-state index contributed by atoms with van der Waals surface area (Å²) in [5.74, 6) is 0.458. The molecule has 0 saturated carbocycles. The number of ether oxygens (including phenoxy) is 37. The smallest absolute Gasteiger partial charge is 0.302 e. The molecule has 0 saturated heterocycles. The van der Waals surface area contributed by atoms with Gasteiger partial charge in [-0.25, -0.2) is 4.98 Å². The molecule has 0 aliphatic heterocycles. The molecule has 0 amide bonds. The number of aliphatic hydroxyl groups is 4. The van der Waals surface area contributed by atoms with E-state index in [0.29, 0.717) is 394 Å². The van der Waals surface area contributed by atoms with Gasteiger partial charge in [0.15, 0.2) is 5.03 Å². The van der Waals surface area contributed by atoms with E-state index in [-0.39, 0.29) is 123 Å². The van der Waals surface area contributed by atoms with E-state index in [9.17, 15) is 15.2 Å². The van der Waals surface area contributed by atoms with Gasteiger partial charge >= 0.3 is 5.69 Å². The summed E-state index contributed by atoms with van der Waals surface area (Å²) in [5.41, 5.74) is 17.6. The number of aromatic nitrogens is 1. The molecule has 147 heavy (non-hydrogen) atoms. The first-order valence-electron chi connectivity index (χ1n) is 51.3. The van der Waals surface area contributed by atoms with Gasteiger partial charge in [0.25, 0.3) is 0 Å². The van der Waals surface area contributed by atoms with Crippen molar-refractivity contribution in [3.8, 4) is 0 Å². The monoisotopic (exact) mass is 2170 g/mol. The second-order valence-electron chi connectivity index (χ2n) is 30.9. The topological polar surface area (TPSA) is 576 Å². The highest BCUT2D eigenvalue weighted by molar-refractivity contribution is 8.76. The molecular formula is C94H180N8O43S2. The van der Waals surface area contributed by atoms with Crippen molar-refractivity contribution in [1.29, 1.82) is 0 Å². The van der Waals surface area contributed by atoms with E-state index in [2.05, 4.69) is 32.0 Å². The Kier molecular flexibility index (Phi) is 118. The number of pyridine rings is 1. The number of nitro groups is 1. The van der Waals surface area contributed by atoms with Gasteiger partial charge < -0.3 is 196 Å². The molecular weight excluding hydrogens is 1990 g/mol. The van der Waals surface area contributed by atoms with E-state index in [1.54, 1.807) is 0 Å². The Balaban J connectivity index is 2.03. The summed E-state index contributed by atoms with van der Waals surface area (Å²) >= 11 is 0. The van der Waals surface area contributed by atoms with E-state index in [4.69, 9.17) is 202 Å². The lowest BCUT2D eigenvalue weighted by Crippen LogP contribution is -2.27. The molecule has 5 atom stereocenters. The van der Waals surface area contributed by atoms with Gasteiger partial charge in [-0.1, -0.05) is 66.5 Å². The summed E-state index contributed by atoms with van der Waals surface area (Å²) in [6.45, 7) is 27.1. The summed E-state index contributed by atoms with van der Waals surface area (Å²) in [7, 11) is 2.57. The minimum Gasteiger partial charge on any atom is -0.394 e. The molecule has 4 N–H and O–H groups in total. The summed E-state index contributed by atoms with van der Waals surface area (Å²) in [5, 5.41) is 55.5. The molecule has 0 aliphatic rings. The molecule has 0 spiro atoms. The molecule has 1 rings (SSSR count). The number of hydrogen-bond acceptors (Lipinski definition) is 48. The lowest BCUT2D eigenvalue weighted by Gasteiger charge is -2.18. The van der Waals surface area contributed by atoms with Crippen LogP contribution < -0.4 is 0 Å². The molecule has 1 aromatic rings. The molecule has 53 heteroatoms. The second-order valence-corrected chi connectivity index (χ2v) is 33.2. The van der Waals surface area contributed by atoms with E-state index >= 15 is 0 Å². The van der Waals surface area contributed by atoms with E-state index in [1.165, 1.54) is 65.6 Å². The number of unbranched alkanes of at least 4 members (excludes halogenated alkanes) is 5. The summed E-state index contributed by atoms with van der Waals surface area (Å²) < 4.78 is 208. The molecule has 0 aromatic carbocycles. The van der Waals surface area contributed by atoms with Crippen LogP contribution in [0.25, 0.3) is 20.9 Å². The van der Waals surface area contributed by atoms with E-state index < -0.39 is 29.3 Å². The maximum Gasteiger partial charge on any atom is 0.302 e. The van der Waals surface area contributed by atoms with Gasteiger partial charge in [0.1, 0.15) is 12.2 Å². The van der Waals surface area contributed by atoms with Crippen molar-refractivity contribution in [2.75, 3.05) is 495 Å². The fraction of sp³-hybridized carbons (Fsp3) is 0.947. The van der Waals surface area contributed by atoms with E-state index in [1.807, 2.05) is 0 Å². The first kappa shape index (κ1) is 141. The van der Waals surface area contributed by atoms with Crippen LogP contribution in [0.4, 0.5) is 5.69 Å². The third-order valence-corrected chi connectivity index (χ3v) is 21.4. The van der Waals surface area contributed by atoms with Gasteiger partial charge in [0.2, 0.25) is 0 Å². The van der Waals surface area contributed by atoms with Gasteiger partial charge in [0, 0.05) is 27.8 Å². The molecule has 866 valence electrons. The average Bonchev–Trinajstić information content (AvgIpc) is 0.870. The first-order valence-corrected chi connectivity index (χ1v) is 53.6. The molecule has 0 fully saturated rings. The normalized spacial score (nSPS) is 12.8. The molecule has 1 aromatic heterocycles. The Labute approximate surface area is 876 Å². The Morgan fingerprint density at radius 1 is 0.293 bits per heavy atom. The number of nitrogens with zero attached hydrogens (tertiary/aromatic N) is 8. The Hall–Kier alpha value is -3.77. The zero-order chi connectivity index (χ0) is 105. The van der Waals surface area contributed by atoms with Crippen LogP contribution in [0.3, 0.4) is 0 Å². The lowest BCUT2D eigenvalue weighted by atomic mass is 10.1. The predicted molar refractivity (Wildman–Crippen MR) is 537 cm³/mol. The van der Waals surface area contributed by atoms with Gasteiger partial charge in [0.05, 0.1) is 518 Å². The fourth-order valence-electron chi connectivity index (χ4n) is 11.5. The van der Waals surface area contributed by atoms with Gasteiger partial charge in [-0.05, 0) is 34.3 Å². The average molecular weight is 2170 g/mol. The minimum atomic E-state index is -0.597. The van der Waals surface area contributed by atoms with Crippen LogP contribution in [-0.2, 0) is 175 Å². The maximum absolute atomic E-state index is 11.5. The highest BCUT2D eigenvalue weighted by Gasteiger charge is 2.20. The largest absolute Gasteiger partial charge is 0.394 e. The number of aliphatic hydroxyl groups excluding tert-OH is 4. The van der Waals surface area contributed by atoms with Gasteiger partial charge in [-0.3, -0.25) is 10.1 Å².